The van der Waals surface area contributed by atoms with Crippen molar-refractivity contribution in [2.45, 2.75) is 18.0 Å². The van der Waals surface area contributed by atoms with Crippen LogP contribution in [0, 0.1) is 6.92 Å². The fraction of sp³-hybridized carbons (Fsp3) is 0.167. The van der Waals surface area contributed by atoms with Gasteiger partial charge in [0.15, 0.2) is 5.78 Å². The van der Waals surface area contributed by atoms with Gasteiger partial charge in [-0.1, -0.05) is 24.3 Å². The number of rotatable bonds is 3. The summed E-state index contributed by atoms with van der Waals surface area (Å²) in [4.78, 5) is 11.9. The van der Waals surface area contributed by atoms with E-state index in [0.29, 0.717) is 28.8 Å². The van der Waals surface area contributed by atoms with Crippen molar-refractivity contribution in [1.29, 1.82) is 0 Å². The van der Waals surface area contributed by atoms with Crippen LogP contribution in [-0.2, 0) is 23.2 Å². The number of primary sulfonamides is 1. The van der Waals surface area contributed by atoms with Crippen molar-refractivity contribution in [3.63, 3.8) is 0 Å². The first-order valence-electron chi connectivity index (χ1n) is 7.75. The van der Waals surface area contributed by atoms with Crippen molar-refractivity contribution in [2.24, 2.45) is 12.2 Å². The number of carbonyl (C=O) groups is 1. The van der Waals surface area contributed by atoms with Gasteiger partial charge in [-0.15, -0.1) is 0 Å². The summed E-state index contributed by atoms with van der Waals surface area (Å²) >= 11 is 0. The first kappa shape index (κ1) is 19.1. The quantitative estimate of drug-likeness (QED) is 0.689. The molecule has 0 bridgehead atoms. The van der Waals surface area contributed by atoms with Crippen molar-refractivity contribution in [2.75, 3.05) is 0 Å². The predicted octanol–water partition coefficient (Wildman–Crippen LogP) is 3.38. The maximum absolute atomic E-state index is 13.1. The Bertz CT molecular complexity index is 1180. The topological polar surface area (TPSA) is 82.2 Å². The highest BCUT2D eigenvalue weighted by atomic mass is 32.2. The molecule has 0 fully saturated rings. The van der Waals surface area contributed by atoms with Crippen LogP contribution in [0.1, 0.15) is 27.2 Å². The zero-order valence-corrected chi connectivity index (χ0v) is 15.1. The number of benzene rings is 2. The number of para-hydroxylation sites is 1. The number of hydrogen-bond donors (Lipinski definition) is 1. The van der Waals surface area contributed by atoms with E-state index in [-0.39, 0.29) is 5.56 Å². The molecule has 0 saturated heterocycles. The largest absolute Gasteiger partial charge is 0.417 e. The molecule has 1 aromatic heterocycles. The summed E-state index contributed by atoms with van der Waals surface area (Å²) in [5.74, 6) is -0.581. The minimum atomic E-state index is -4.92. The minimum absolute atomic E-state index is 0.188. The van der Waals surface area contributed by atoms with Crippen LogP contribution in [0.2, 0.25) is 0 Å². The number of carbonyl (C=O) groups excluding carboxylic acids is 1. The number of halogens is 3. The van der Waals surface area contributed by atoms with Crippen LogP contribution < -0.4 is 5.14 Å². The Morgan fingerprint density at radius 2 is 1.74 bits per heavy atom. The van der Waals surface area contributed by atoms with Crippen LogP contribution in [0.15, 0.2) is 47.4 Å². The molecule has 0 unspecified atom stereocenters. The van der Waals surface area contributed by atoms with E-state index in [2.05, 4.69) is 0 Å². The van der Waals surface area contributed by atoms with Gasteiger partial charge >= 0.3 is 6.18 Å². The predicted molar refractivity (Wildman–Crippen MR) is 93.9 cm³/mol. The van der Waals surface area contributed by atoms with Gasteiger partial charge in [-0.25, -0.2) is 13.6 Å². The first-order valence-corrected chi connectivity index (χ1v) is 9.30. The summed E-state index contributed by atoms with van der Waals surface area (Å²) in [6.07, 6.45) is -4.92. The van der Waals surface area contributed by atoms with E-state index in [0.717, 1.165) is 11.6 Å². The zero-order chi connectivity index (χ0) is 20.1. The van der Waals surface area contributed by atoms with Crippen molar-refractivity contribution >= 4 is 26.7 Å². The lowest BCUT2D eigenvalue weighted by atomic mass is 9.99. The maximum Gasteiger partial charge on any atom is 0.417 e. The summed E-state index contributed by atoms with van der Waals surface area (Å²) < 4.78 is 64.4. The molecule has 0 radical (unpaired) electrons. The van der Waals surface area contributed by atoms with Gasteiger partial charge in [0.05, 0.1) is 16.0 Å². The Kier molecular flexibility index (Phi) is 4.40. The molecule has 0 aliphatic heterocycles. The van der Waals surface area contributed by atoms with Gasteiger partial charge < -0.3 is 4.57 Å². The lowest BCUT2D eigenvalue weighted by molar-refractivity contribution is -0.139. The third-order valence-electron chi connectivity index (χ3n) is 4.48. The van der Waals surface area contributed by atoms with Gasteiger partial charge in [-0.3, -0.25) is 4.79 Å². The minimum Gasteiger partial charge on any atom is -0.347 e. The summed E-state index contributed by atoms with van der Waals surface area (Å²) in [5.41, 5.74) is 0.0890. The van der Waals surface area contributed by atoms with Crippen LogP contribution in [0.4, 0.5) is 13.2 Å². The van der Waals surface area contributed by atoms with E-state index in [1.54, 1.807) is 36.7 Å². The second-order valence-electron chi connectivity index (χ2n) is 6.12. The molecule has 0 amide bonds. The van der Waals surface area contributed by atoms with Crippen LogP contribution in [0.25, 0.3) is 10.9 Å². The molecule has 0 aliphatic rings. The number of aryl methyl sites for hydroxylation is 1. The molecule has 0 spiro atoms. The van der Waals surface area contributed by atoms with Crippen molar-refractivity contribution in [3.8, 4) is 0 Å². The smallest absolute Gasteiger partial charge is 0.347 e. The molecule has 0 aliphatic carbocycles. The van der Waals surface area contributed by atoms with Crippen molar-refractivity contribution < 1.29 is 26.4 Å². The third-order valence-corrected chi connectivity index (χ3v) is 5.43. The Morgan fingerprint density at radius 1 is 1.11 bits per heavy atom. The summed E-state index contributed by atoms with van der Waals surface area (Å²) in [6.45, 7) is 1.71. The van der Waals surface area contributed by atoms with E-state index in [9.17, 15) is 26.4 Å². The van der Waals surface area contributed by atoms with E-state index >= 15 is 0 Å². The highest BCUT2D eigenvalue weighted by Crippen LogP contribution is 2.35. The average molecular weight is 396 g/mol. The Morgan fingerprint density at radius 3 is 2.33 bits per heavy atom. The lowest BCUT2D eigenvalue weighted by Crippen LogP contribution is -2.20. The molecule has 0 atom stereocenters. The SMILES string of the molecule is Cc1c(C(=O)c2ccc(C(F)(F)F)c(S(N)(=O)=O)c2)c2ccccc2n1C. The number of fused-ring (bicyclic) bond motifs is 1. The summed E-state index contributed by atoms with van der Waals surface area (Å²) in [6, 6.07) is 9.27. The zero-order valence-electron chi connectivity index (χ0n) is 14.3. The van der Waals surface area contributed by atoms with E-state index in [1.807, 2.05) is 6.07 Å². The van der Waals surface area contributed by atoms with E-state index < -0.39 is 32.4 Å². The monoisotopic (exact) mass is 396 g/mol. The van der Waals surface area contributed by atoms with Crippen LogP contribution in [0.3, 0.4) is 0 Å². The highest BCUT2D eigenvalue weighted by Gasteiger charge is 2.37. The van der Waals surface area contributed by atoms with Crippen LogP contribution in [0.5, 0.6) is 0 Å². The van der Waals surface area contributed by atoms with Gasteiger partial charge in [0, 0.05) is 29.2 Å². The third kappa shape index (κ3) is 3.24. The van der Waals surface area contributed by atoms with Gasteiger partial charge in [0.25, 0.3) is 0 Å². The number of nitrogens with zero attached hydrogens (tertiary/aromatic N) is 1. The van der Waals surface area contributed by atoms with Gasteiger partial charge in [-0.05, 0) is 25.1 Å². The number of alkyl halides is 3. The highest BCUT2D eigenvalue weighted by molar-refractivity contribution is 7.89. The van der Waals surface area contributed by atoms with Gasteiger partial charge in [-0.2, -0.15) is 13.2 Å². The lowest BCUT2D eigenvalue weighted by Gasteiger charge is -2.13. The Balaban J connectivity index is 2.25. The number of ketones is 1. The molecular weight excluding hydrogens is 381 g/mol. The molecule has 2 aromatic carbocycles. The number of aromatic nitrogens is 1. The summed E-state index contributed by atoms with van der Waals surface area (Å²) in [5, 5.41) is 5.57. The molecule has 3 rings (SSSR count). The molecule has 142 valence electrons. The second kappa shape index (κ2) is 6.21. The standard InChI is InChI=1S/C18H15F3N2O3S/c1-10-16(12-5-3-4-6-14(12)23(10)2)17(24)11-7-8-13(18(19,20)21)15(9-11)27(22,25)26/h3-9H,1-2H3,(H2,22,25,26). The summed E-state index contributed by atoms with van der Waals surface area (Å²) in [7, 11) is -2.92. The van der Waals surface area contributed by atoms with Gasteiger partial charge in [0.2, 0.25) is 10.0 Å². The molecule has 27 heavy (non-hydrogen) atoms. The number of nitrogens with two attached hydrogens (primary N) is 1. The van der Waals surface area contributed by atoms with Gasteiger partial charge in [0.1, 0.15) is 0 Å². The van der Waals surface area contributed by atoms with Crippen molar-refractivity contribution in [3.05, 3.63) is 64.8 Å². The fourth-order valence-corrected chi connectivity index (χ4v) is 3.87. The second-order valence-corrected chi connectivity index (χ2v) is 7.65. The molecule has 5 nitrogen and oxygen atoms in total. The maximum atomic E-state index is 13.1. The first-order chi connectivity index (χ1) is 12.4. The molecular formula is C18H15F3N2O3S. The molecule has 0 saturated carbocycles. The fourth-order valence-electron chi connectivity index (χ4n) is 3.08. The molecule has 9 heteroatoms. The van der Waals surface area contributed by atoms with Crippen molar-refractivity contribution in [1.82, 2.24) is 4.57 Å². The Hall–Kier alpha value is -2.65. The average Bonchev–Trinajstić information content (AvgIpc) is 2.84. The van der Waals surface area contributed by atoms with Crippen LogP contribution in [-0.4, -0.2) is 18.8 Å². The number of hydrogen-bond acceptors (Lipinski definition) is 3. The van der Waals surface area contributed by atoms with E-state index in [1.165, 1.54) is 0 Å². The molecule has 2 N–H and O–H groups in total. The molecule has 3 aromatic rings. The van der Waals surface area contributed by atoms with Crippen LogP contribution >= 0.6 is 0 Å². The Labute approximate surface area is 153 Å². The number of sulfonamides is 1. The van der Waals surface area contributed by atoms with E-state index in [4.69, 9.17) is 5.14 Å². The molecule has 1 heterocycles. The normalized spacial score (nSPS) is 12.5.